The minimum atomic E-state index is -0.310. The highest BCUT2D eigenvalue weighted by Gasteiger charge is 2.11. The van der Waals surface area contributed by atoms with Crippen LogP contribution in [-0.2, 0) is 6.42 Å². The average Bonchev–Trinajstić information content (AvgIpc) is 2.44. The minimum Gasteiger partial charge on any atom is -0.326 e. The van der Waals surface area contributed by atoms with Gasteiger partial charge in [-0.15, -0.1) is 0 Å². The second-order valence-corrected chi connectivity index (χ2v) is 5.28. The van der Waals surface area contributed by atoms with Crippen LogP contribution >= 0.6 is 0 Å². The number of aromatic nitrogens is 2. The summed E-state index contributed by atoms with van der Waals surface area (Å²) in [6, 6.07) is 12.3. The third-order valence-electron chi connectivity index (χ3n) is 3.33. The fraction of sp³-hybridized carbons (Fsp3) is 0.375. The number of rotatable bonds is 6. The molecule has 1 heterocycles. The molecule has 0 aliphatic rings. The van der Waals surface area contributed by atoms with E-state index in [0.717, 1.165) is 24.4 Å². The first-order valence-electron chi connectivity index (χ1n) is 7.13. The van der Waals surface area contributed by atoms with Crippen molar-refractivity contribution in [2.45, 2.75) is 26.6 Å². The van der Waals surface area contributed by atoms with Crippen molar-refractivity contribution < 1.29 is 0 Å². The third kappa shape index (κ3) is 4.81. The van der Waals surface area contributed by atoms with Gasteiger partial charge in [0.2, 0.25) is 5.95 Å². The van der Waals surface area contributed by atoms with E-state index in [0.29, 0.717) is 5.95 Å². The van der Waals surface area contributed by atoms with Crippen molar-refractivity contribution >= 4 is 5.95 Å². The van der Waals surface area contributed by atoms with Crippen molar-refractivity contribution in [3.8, 4) is 0 Å². The minimum absolute atomic E-state index is 0.310. The van der Waals surface area contributed by atoms with Crippen LogP contribution in [0.4, 0.5) is 5.95 Å². The molecule has 112 valence electrons. The van der Waals surface area contributed by atoms with Gasteiger partial charge in [0.25, 0.3) is 0 Å². The van der Waals surface area contributed by atoms with E-state index in [1.807, 2.05) is 37.9 Å². The van der Waals surface area contributed by atoms with Crippen LogP contribution in [-0.4, -0.2) is 34.8 Å². The number of likely N-dealkylation sites (N-methyl/N-ethyl adjacent to an activating group) is 1. The van der Waals surface area contributed by atoms with Crippen LogP contribution in [0.2, 0.25) is 0 Å². The van der Waals surface area contributed by atoms with Crippen molar-refractivity contribution in [1.82, 2.24) is 14.9 Å². The molecule has 0 fully saturated rings. The smallest absolute Gasteiger partial charge is 0.225 e. The largest absolute Gasteiger partial charge is 0.326 e. The van der Waals surface area contributed by atoms with Crippen LogP contribution in [0.15, 0.2) is 36.4 Å². The lowest BCUT2D eigenvalue weighted by Crippen LogP contribution is -2.46. The number of nitrogens with one attached hydrogen (secondary N) is 1. The predicted molar refractivity (Wildman–Crippen MR) is 85.9 cm³/mol. The number of hydrogen-bond donors (Lipinski definition) is 2. The maximum Gasteiger partial charge on any atom is 0.225 e. The van der Waals surface area contributed by atoms with Gasteiger partial charge in [0.05, 0.1) is 0 Å². The van der Waals surface area contributed by atoms with E-state index in [-0.39, 0.29) is 6.29 Å². The van der Waals surface area contributed by atoms with E-state index in [1.165, 1.54) is 5.56 Å². The zero-order valence-corrected chi connectivity index (χ0v) is 12.9. The average molecular weight is 285 g/mol. The first-order chi connectivity index (χ1) is 10.0. The quantitative estimate of drug-likeness (QED) is 0.794. The van der Waals surface area contributed by atoms with Gasteiger partial charge in [0, 0.05) is 17.9 Å². The van der Waals surface area contributed by atoms with Gasteiger partial charge in [-0.1, -0.05) is 30.3 Å². The number of nitrogens with zero attached hydrogens (tertiary/aromatic N) is 3. The third-order valence-corrected chi connectivity index (χ3v) is 3.33. The van der Waals surface area contributed by atoms with Crippen LogP contribution in [0.3, 0.4) is 0 Å². The van der Waals surface area contributed by atoms with Crippen LogP contribution in [0.5, 0.6) is 0 Å². The Hall–Kier alpha value is -1.98. The highest BCUT2D eigenvalue weighted by Crippen LogP contribution is 2.06. The maximum absolute atomic E-state index is 6.15. The van der Waals surface area contributed by atoms with E-state index >= 15 is 0 Å². The first-order valence-corrected chi connectivity index (χ1v) is 7.13. The summed E-state index contributed by atoms with van der Waals surface area (Å²) >= 11 is 0. The summed E-state index contributed by atoms with van der Waals surface area (Å²) in [6.45, 7) is 4.76. The zero-order chi connectivity index (χ0) is 15.2. The second-order valence-electron chi connectivity index (χ2n) is 5.28. The van der Waals surface area contributed by atoms with E-state index < -0.39 is 0 Å². The summed E-state index contributed by atoms with van der Waals surface area (Å²) in [7, 11) is 1.99. The van der Waals surface area contributed by atoms with Crippen molar-refractivity contribution in [1.29, 1.82) is 0 Å². The van der Waals surface area contributed by atoms with Gasteiger partial charge in [0.1, 0.15) is 6.29 Å². The molecule has 1 unspecified atom stereocenters. The highest BCUT2D eigenvalue weighted by atomic mass is 15.3. The van der Waals surface area contributed by atoms with Crippen LogP contribution < -0.4 is 11.1 Å². The molecule has 2 rings (SSSR count). The summed E-state index contributed by atoms with van der Waals surface area (Å²) < 4.78 is 0. The number of hydrogen-bond acceptors (Lipinski definition) is 5. The second kappa shape index (κ2) is 7.15. The lowest BCUT2D eigenvalue weighted by Gasteiger charge is -2.25. The Morgan fingerprint density at radius 3 is 2.38 bits per heavy atom. The van der Waals surface area contributed by atoms with E-state index in [4.69, 9.17) is 5.73 Å². The molecule has 21 heavy (non-hydrogen) atoms. The molecular weight excluding hydrogens is 262 g/mol. The van der Waals surface area contributed by atoms with Gasteiger partial charge in [-0.2, -0.15) is 0 Å². The summed E-state index contributed by atoms with van der Waals surface area (Å²) in [6.07, 6.45) is 0.648. The molecule has 1 atom stereocenters. The molecule has 5 nitrogen and oxygen atoms in total. The molecule has 0 saturated heterocycles. The van der Waals surface area contributed by atoms with Gasteiger partial charge in [0.15, 0.2) is 0 Å². The molecule has 0 saturated carbocycles. The fourth-order valence-corrected chi connectivity index (χ4v) is 2.12. The Balaban J connectivity index is 1.88. The summed E-state index contributed by atoms with van der Waals surface area (Å²) in [5, 5.41) is 3.14. The van der Waals surface area contributed by atoms with Crippen molar-refractivity contribution in [2.24, 2.45) is 5.73 Å². The summed E-state index contributed by atoms with van der Waals surface area (Å²) in [5.74, 6) is 0.576. The Bertz CT molecular complexity index is 550. The zero-order valence-electron chi connectivity index (χ0n) is 12.9. The normalized spacial score (nSPS) is 12.4. The molecule has 2 aromatic rings. The van der Waals surface area contributed by atoms with Gasteiger partial charge < -0.3 is 5.32 Å². The summed E-state index contributed by atoms with van der Waals surface area (Å²) in [4.78, 5) is 10.7. The predicted octanol–water partition coefficient (Wildman–Crippen LogP) is 1.92. The Labute approximate surface area is 126 Å². The standard InChI is InChI=1S/C16H23N5/c1-12-11-13(2)19-16(18-12)20-15(17)21(3)10-9-14-7-5-4-6-8-14/h4-8,11,15H,9-10,17H2,1-3H3,(H,18,19,20). The molecular formula is C16H23N5. The molecule has 0 bridgehead atoms. The molecule has 0 spiro atoms. The van der Waals surface area contributed by atoms with Crippen LogP contribution in [0.25, 0.3) is 0 Å². The number of benzene rings is 1. The van der Waals surface area contributed by atoms with E-state index in [2.05, 4.69) is 39.6 Å². The molecule has 0 amide bonds. The molecule has 1 aromatic heterocycles. The molecule has 3 N–H and O–H groups in total. The molecule has 0 aliphatic carbocycles. The Morgan fingerprint density at radius 1 is 1.14 bits per heavy atom. The number of nitrogens with two attached hydrogens (primary N) is 1. The Morgan fingerprint density at radius 2 is 1.76 bits per heavy atom. The van der Waals surface area contributed by atoms with Gasteiger partial charge in [-0.3, -0.25) is 10.6 Å². The summed E-state index contributed by atoms with van der Waals surface area (Å²) in [5.41, 5.74) is 9.32. The van der Waals surface area contributed by atoms with Crippen molar-refractivity contribution in [3.05, 3.63) is 53.3 Å². The lowest BCUT2D eigenvalue weighted by atomic mass is 10.1. The topological polar surface area (TPSA) is 67.1 Å². The molecule has 0 radical (unpaired) electrons. The van der Waals surface area contributed by atoms with E-state index in [1.54, 1.807) is 0 Å². The van der Waals surface area contributed by atoms with Gasteiger partial charge in [-0.25, -0.2) is 9.97 Å². The van der Waals surface area contributed by atoms with Gasteiger partial charge in [-0.05, 0) is 38.9 Å². The monoisotopic (exact) mass is 285 g/mol. The lowest BCUT2D eigenvalue weighted by molar-refractivity contribution is 0.273. The van der Waals surface area contributed by atoms with Gasteiger partial charge >= 0.3 is 0 Å². The van der Waals surface area contributed by atoms with E-state index in [9.17, 15) is 0 Å². The van der Waals surface area contributed by atoms with Crippen LogP contribution in [0, 0.1) is 13.8 Å². The number of aryl methyl sites for hydroxylation is 2. The fourth-order valence-electron chi connectivity index (χ4n) is 2.12. The van der Waals surface area contributed by atoms with Crippen molar-refractivity contribution in [2.75, 3.05) is 18.9 Å². The SMILES string of the molecule is Cc1cc(C)nc(NC(N)N(C)CCc2ccccc2)n1. The highest BCUT2D eigenvalue weighted by molar-refractivity contribution is 5.28. The molecule has 0 aliphatic heterocycles. The molecule has 1 aromatic carbocycles. The molecule has 5 heteroatoms. The van der Waals surface area contributed by atoms with Crippen LogP contribution in [0.1, 0.15) is 17.0 Å². The Kier molecular flexibility index (Phi) is 5.25. The maximum atomic E-state index is 6.15. The first kappa shape index (κ1) is 15.4. The number of anilines is 1. The van der Waals surface area contributed by atoms with Crippen molar-refractivity contribution in [3.63, 3.8) is 0 Å².